The maximum Gasteiger partial charge on any atom is 0.220 e. The van der Waals surface area contributed by atoms with Crippen molar-refractivity contribution < 1.29 is 18.7 Å². The molecule has 7 heteroatoms. The first-order valence-electron chi connectivity index (χ1n) is 6.09. The van der Waals surface area contributed by atoms with E-state index >= 15 is 0 Å². The van der Waals surface area contributed by atoms with E-state index in [1.807, 2.05) is 0 Å². The van der Waals surface area contributed by atoms with E-state index in [-0.39, 0.29) is 24.9 Å². The molecule has 0 spiro atoms. The van der Waals surface area contributed by atoms with E-state index < -0.39 is 23.3 Å². The van der Waals surface area contributed by atoms with Crippen LogP contribution in [0.5, 0.6) is 0 Å². The Bertz CT molecular complexity index is 413. The Morgan fingerprint density at radius 2 is 1.95 bits per heavy atom. The van der Waals surface area contributed by atoms with Crippen molar-refractivity contribution in [3.8, 4) is 0 Å². The summed E-state index contributed by atoms with van der Waals surface area (Å²) >= 11 is 0. The lowest BCUT2D eigenvalue weighted by molar-refractivity contribution is -0.121. The van der Waals surface area contributed by atoms with Gasteiger partial charge in [-0.05, 0) is 32.1 Å². The second kappa shape index (κ2) is 9.63. The third kappa shape index (κ3) is 5.81. The van der Waals surface area contributed by atoms with Crippen molar-refractivity contribution in [2.45, 2.75) is 18.9 Å². The molecule has 0 aromatic heterocycles. The summed E-state index contributed by atoms with van der Waals surface area (Å²) in [7, 11) is 1.78. The van der Waals surface area contributed by atoms with Crippen molar-refractivity contribution >= 4 is 18.3 Å². The molecule has 0 heterocycles. The van der Waals surface area contributed by atoms with Crippen LogP contribution in [0, 0.1) is 11.6 Å². The number of hydrogen-bond donors (Lipinski definition) is 3. The Labute approximate surface area is 123 Å². The van der Waals surface area contributed by atoms with Crippen LogP contribution >= 0.6 is 12.4 Å². The minimum atomic E-state index is -1.39. The molecule has 0 saturated carbocycles. The Hall–Kier alpha value is -1.24. The van der Waals surface area contributed by atoms with E-state index in [9.17, 15) is 18.7 Å². The van der Waals surface area contributed by atoms with Crippen molar-refractivity contribution in [3.05, 3.63) is 35.4 Å². The van der Waals surface area contributed by atoms with Gasteiger partial charge in [-0.3, -0.25) is 4.79 Å². The second-order valence-electron chi connectivity index (χ2n) is 4.16. The highest BCUT2D eigenvalue weighted by Gasteiger charge is 2.18. The molecule has 1 unspecified atom stereocenters. The van der Waals surface area contributed by atoms with E-state index in [0.29, 0.717) is 19.4 Å². The second-order valence-corrected chi connectivity index (χ2v) is 4.16. The minimum Gasteiger partial charge on any atom is -0.386 e. The van der Waals surface area contributed by atoms with E-state index in [1.165, 1.54) is 6.07 Å². The normalized spacial score (nSPS) is 11.6. The summed E-state index contributed by atoms with van der Waals surface area (Å²) < 4.78 is 26.7. The number of carbonyl (C=O) groups excluding carboxylic acids is 1. The lowest BCUT2D eigenvalue weighted by atomic mass is 10.1. The topological polar surface area (TPSA) is 61.4 Å². The molecule has 1 aromatic rings. The molecule has 0 bridgehead atoms. The van der Waals surface area contributed by atoms with Gasteiger partial charge in [-0.15, -0.1) is 12.4 Å². The third-order valence-corrected chi connectivity index (χ3v) is 2.66. The smallest absolute Gasteiger partial charge is 0.220 e. The Morgan fingerprint density at radius 1 is 1.35 bits per heavy atom. The number of hydrogen-bond acceptors (Lipinski definition) is 3. The van der Waals surface area contributed by atoms with Crippen molar-refractivity contribution in [3.63, 3.8) is 0 Å². The highest BCUT2D eigenvalue weighted by Crippen LogP contribution is 2.19. The van der Waals surface area contributed by atoms with Crippen LogP contribution in [0.25, 0.3) is 0 Å². The molecule has 1 amide bonds. The third-order valence-electron chi connectivity index (χ3n) is 2.66. The van der Waals surface area contributed by atoms with Crippen LogP contribution in [0.2, 0.25) is 0 Å². The Kier molecular flexibility index (Phi) is 9.03. The van der Waals surface area contributed by atoms with Gasteiger partial charge in [-0.2, -0.15) is 0 Å². The van der Waals surface area contributed by atoms with Crippen LogP contribution in [-0.2, 0) is 4.79 Å². The molecular formula is C13H19ClF2N2O2. The van der Waals surface area contributed by atoms with E-state index in [1.54, 1.807) is 7.05 Å². The molecule has 114 valence electrons. The largest absolute Gasteiger partial charge is 0.386 e. The fourth-order valence-electron chi connectivity index (χ4n) is 1.66. The number of rotatable bonds is 7. The zero-order valence-electron chi connectivity index (χ0n) is 11.2. The van der Waals surface area contributed by atoms with Crippen LogP contribution < -0.4 is 10.6 Å². The zero-order valence-corrected chi connectivity index (χ0v) is 12.0. The van der Waals surface area contributed by atoms with Gasteiger partial charge >= 0.3 is 0 Å². The molecular weight excluding hydrogens is 290 g/mol. The molecule has 4 nitrogen and oxygen atoms in total. The fraction of sp³-hybridized carbons (Fsp3) is 0.462. The molecule has 20 heavy (non-hydrogen) atoms. The van der Waals surface area contributed by atoms with Crippen molar-refractivity contribution in [1.29, 1.82) is 0 Å². The number of halogens is 3. The van der Waals surface area contributed by atoms with Gasteiger partial charge in [-0.1, -0.05) is 6.07 Å². The van der Waals surface area contributed by atoms with Crippen LogP contribution in [-0.4, -0.2) is 31.2 Å². The predicted octanol–water partition coefficient (Wildman–Crippen LogP) is 1.54. The molecule has 3 N–H and O–H groups in total. The van der Waals surface area contributed by atoms with E-state index in [0.717, 1.165) is 12.1 Å². The summed E-state index contributed by atoms with van der Waals surface area (Å²) in [5.41, 5.74) is -0.418. The summed E-state index contributed by atoms with van der Waals surface area (Å²) in [6, 6.07) is 3.35. The van der Waals surface area contributed by atoms with Gasteiger partial charge in [0.2, 0.25) is 5.91 Å². The van der Waals surface area contributed by atoms with Crippen LogP contribution in [0.3, 0.4) is 0 Å². The van der Waals surface area contributed by atoms with E-state index in [2.05, 4.69) is 10.6 Å². The quantitative estimate of drug-likeness (QED) is 0.670. The molecule has 0 aliphatic rings. The van der Waals surface area contributed by atoms with E-state index in [4.69, 9.17) is 0 Å². The highest BCUT2D eigenvalue weighted by molar-refractivity contribution is 5.85. The summed E-state index contributed by atoms with van der Waals surface area (Å²) in [4.78, 5) is 11.4. The van der Waals surface area contributed by atoms with Gasteiger partial charge in [0.05, 0.1) is 5.56 Å². The van der Waals surface area contributed by atoms with Gasteiger partial charge in [0.15, 0.2) is 0 Å². The monoisotopic (exact) mass is 308 g/mol. The van der Waals surface area contributed by atoms with Crippen LogP contribution in [0.1, 0.15) is 24.5 Å². The summed E-state index contributed by atoms with van der Waals surface area (Å²) in [6.07, 6.45) is -0.436. The van der Waals surface area contributed by atoms with Crippen molar-refractivity contribution in [2.75, 3.05) is 20.1 Å². The molecule has 0 radical (unpaired) electrons. The zero-order chi connectivity index (χ0) is 14.3. The van der Waals surface area contributed by atoms with Gasteiger partial charge in [0.25, 0.3) is 0 Å². The summed E-state index contributed by atoms with van der Waals surface area (Å²) in [5, 5.41) is 15.0. The van der Waals surface area contributed by atoms with Gasteiger partial charge in [0, 0.05) is 13.0 Å². The van der Waals surface area contributed by atoms with Gasteiger partial charge in [0.1, 0.15) is 17.7 Å². The van der Waals surface area contributed by atoms with Crippen molar-refractivity contribution in [1.82, 2.24) is 10.6 Å². The molecule has 1 aromatic carbocycles. The average molecular weight is 309 g/mol. The van der Waals surface area contributed by atoms with Crippen LogP contribution in [0.4, 0.5) is 8.78 Å². The minimum absolute atomic E-state index is 0. The molecule has 0 saturated heterocycles. The Morgan fingerprint density at radius 3 is 2.50 bits per heavy atom. The maximum atomic E-state index is 13.4. The maximum absolute atomic E-state index is 13.4. The van der Waals surface area contributed by atoms with Gasteiger partial charge in [-0.25, -0.2) is 8.78 Å². The van der Waals surface area contributed by atoms with Crippen molar-refractivity contribution in [2.24, 2.45) is 0 Å². The Balaban J connectivity index is 0.00000361. The standard InChI is InChI=1S/C13H18F2N2O2.ClH/c1-16-7-3-6-12(19)17-8-11(18)13-9(14)4-2-5-10(13)15;/h2,4-5,11,16,18H,3,6-8H2,1H3,(H,17,19);1H. The fourth-order valence-corrected chi connectivity index (χ4v) is 1.66. The number of amides is 1. The summed E-state index contributed by atoms with van der Waals surface area (Å²) in [6.45, 7) is 0.494. The lowest BCUT2D eigenvalue weighted by Crippen LogP contribution is -2.29. The number of aliphatic hydroxyl groups is 1. The van der Waals surface area contributed by atoms with Gasteiger partial charge < -0.3 is 15.7 Å². The molecule has 0 aliphatic heterocycles. The number of nitrogens with one attached hydrogen (secondary N) is 2. The SMILES string of the molecule is CNCCCC(=O)NCC(O)c1c(F)cccc1F.Cl. The number of aliphatic hydroxyl groups excluding tert-OH is 1. The first-order valence-corrected chi connectivity index (χ1v) is 6.09. The van der Waals surface area contributed by atoms with Crippen LogP contribution in [0.15, 0.2) is 18.2 Å². The first-order chi connectivity index (χ1) is 9.06. The summed E-state index contributed by atoms with van der Waals surface area (Å²) in [5.74, 6) is -1.90. The average Bonchev–Trinajstić information content (AvgIpc) is 2.36. The lowest BCUT2D eigenvalue weighted by Gasteiger charge is -2.13. The number of benzene rings is 1. The highest BCUT2D eigenvalue weighted by atomic mass is 35.5. The predicted molar refractivity (Wildman–Crippen MR) is 74.7 cm³/mol. The number of carbonyl (C=O) groups is 1. The molecule has 1 atom stereocenters. The molecule has 1 rings (SSSR count). The first kappa shape index (κ1) is 18.8. The molecule has 0 fully saturated rings. The molecule has 0 aliphatic carbocycles.